The van der Waals surface area contributed by atoms with Gasteiger partial charge in [-0.1, -0.05) is 17.7 Å². The summed E-state index contributed by atoms with van der Waals surface area (Å²) in [5.74, 6) is -4.00. The fourth-order valence-corrected chi connectivity index (χ4v) is 6.19. The highest BCUT2D eigenvalue weighted by Crippen LogP contribution is 2.30. The summed E-state index contributed by atoms with van der Waals surface area (Å²) < 4.78 is 54.7. The number of hydrogen-bond donors (Lipinski definition) is 2. The first-order valence-corrected chi connectivity index (χ1v) is 11.6. The SMILES string of the molecule is Cc1cc(C)c(S(=O)(=O)N2CCC[C@@H]2CNC(=O)C(=O)Nc2ccc(F)cc2F)c(C)c1. The Morgan fingerprint density at radius 2 is 1.72 bits per heavy atom. The smallest absolute Gasteiger partial charge is 0.313 e. The Morgan fingerprint density at radius 1 is 1.06 bits per heavy atom. The van der Waals surface area contributed by atoms with Crippen molar-refractivity contribution in [3.8, 4) is 0 Å². The van der Waals surface area contributed by atoms with Gasteiger partial charge >= 0.3 is 11.8 Å². The zero-order valence-electron chi connectivity index (χ0n) is 18.0. The highest BCUT2D eigenvalue weighted by atomic mass is 32.2. The Labute approximate surface area is 185 Å². The maximum Gasteiger partial charge on any atom is 0.313 e. The summed E-state index contributed by atoms with van der Waals surface area (Å²) in [7, 11) is -3.80. The molecule has 0 bridgehead atoms. The van der Waals surface area contributed by atoms with Gasteiger partial charge in [0, 0.05) is 25.2 Å². The monoisotopic (exact) mass is 465 g/mol. The average molecular weight is 466 g/mol. The Hall–Kier alpha value is -2.85. The number of carbonyl (C=O) groups is 2. The second kappa shape index (κ2) is 9.33. The third-order valence-electron chi connectivity index (χ3n) is 5.38. The molecule has 0 spiro atoms. The predicted molar refractivity (Wildman–Crippen MR) is 116 cm³/mol. The van der Waals surface area contributed by atoms with Crippen molar-refractivity contribution < 1.29 is 26.8 Å². The van der Waals surface area contributed by atoms with E-state index in [1.165, 1.54) is 4.31 Å². The van der Waals surface area contributed by atoms with E-state index in [0.29, 0.717) is 36.6 Å². The second-order valence-corrected chi connectivity index (χ2v) is 9.76. The predicted octanol–water partition coefficient (Wildman–Crippen LogP) is 2.80. The molecule has 0 saturated carbocycles. The number of halogens is 2. The lowest BCUT2D eigenvalue weighted by atomic mass is 10.1. The van der Waals surface area contributed by atoms with Gasteiger partial charge in [-0.15, -0.1) is 0 Å². The Morgan fingerprint density at radius 3 is 2.34 bits per heavy atom. The van der Waals surface area contributed by atoms with E-state index < -0.39 is 39.5 Å². The van der Waals surface area contributed by atoms with Crippen LogP contribution >= 0.6 is 0 Å². The third-order valence-corrected chi connectivity index (χ3v) is 7.64. The summed E-state index contributed by atoms with van der Waals surface area (Å²) in [5.41, 5.74) is 1.94. The van der Waals surface area contributed by atoms with Gasteiger partial charge in [0.15, 0.2) is 0 Å². The number of nitrogens with one attached hydrogen (secondary N) is 2. The molecule has 1 atom stereocenters. The molecule has 0 aliphatic carbocycles. The molecular formula is C22H25F2N3O4S. The van der Waals surface area contributed by atoms with Crippen molar-refractivity contribution in [3.05, 3.63) is 58.7 Å². The molecule has 2 N–H and O–H groups in total. The van der Waals surface area contributed by atoms with Gasteiger partial charge < -0.3 is 10.6 Å². The number of nitrogens with zero attached hydrogens (tertiary/aromatic N) is 1. The highest BCUT2D eigenvalue weighted by Gasteiger charge is 2.37. The summed E-state index contributed by atoms with van der Waals surface area (Å²) in [4.78, 5) is 24.5. The lowest BCUT2D eigenvalue weighted by Crippen LogP contribution is -2.45. The molecule has 7 nitrogen and oxygen atoms in total. The summed E-state index contributed by atoms with van der Waals surface area (Å²) in [6.07, 6.45) is 1.15. The van der Waals surface area contributed by atoms with E-state index in [9.17, 15) is 26.8 Å². The van der Waals surface area contributed by atoms with Gasteiger partial charge in [-0.2, -0.15) is 4.31 Å². The molecule has 3 rings (SSSR count). The number of benzene rings is 2. The molecule has 2 aromatic rings. The normalized spacial score (nSPS) is 16.7. The van der Waals surface area contributed by atoms with Crippen molar-refractivity contribution in [1.82, 2.24) is 9.62 Å². The van der Waals surface area contributed by atoms with Gasteiger partial charge in [-0.25, -0.2) is 17.2 Å². The topological polar surface area (TPSA) is 95.6 Å². The number of rotatable bonds is 5. The van der Waals surface area contributed by atoms with E-state index >= 15 is 0 Å². The van der Waals surface area contributed by atoms with Crippen LogP contribution in [0.3, 0.4) is 0 Å². The molecule has 1 aliphatic heterocycles. The molecule has 2 aromatic carbocycles. The highest BCUT2D eigenvalue weighted by molar-refractivity contribution is 7.89. The van der Waals surface area contributed by atoms with Gasteiger partial charge in [0.1, 0.15) is 11.6 Å². The van der Waals surface area contributed by atoms with Crippen LogP contribution in [0.2, 0.25) is 0 Å². The van der Waals surface area contributed by atoms with Crippen molar-refractivity contribution in [2.75, 3.05) is 18.4 Å². The summed E-state index contributed by atoms with van der Waals surface area (Å²) in [6, 6.07) is 5.65. The maximum absolute atomic E-state index is 13.7. The molecule has 0 unspecified atom stereocenters. The molecule has 0 radical (unpaired) electrons. The second-order valence-electron chi connectivity index (χ2n) is 7.93. The number of hydrogen-bond acceptors (Lipinski definition) is 4. The van der Waals surface area contributed by atoms with Crippen LogP contribution in [-0.4, -0.2) is 43.7 Å². The fourth-order valence-electron chi connectivity index (χ4n) is 4.08. The molecule has 1 aliphatic rings. The van der Waals surface area contributed by atoms with Crippen LogP contribution in [0.15, 0.2) is 35.2 Å². The summed E-state index contributed by atoms with van der Waals surface area (Å²) >= 11 is 0. The first-order chi connectivity index (χ1) is 15.0. The Kier molecular flexibility index (Phi) is 6.94. The van der Waals surface area contributed by atoms with Crippen molar-refractivity contribution in [2.45, 2.75) is 44.6 Å². The van der Waals surface area contributed by atoms with E-state index in [1.807, 2.05) is 19.1 Å². The largest absolute Gasteiger partial charge is 0.346 e. The van der Waals surface area contributed by atoms with Gasteiger partial charge in [0.05, 0.1) is 10.6 Å². The molecule has 2 amide bonds. The van der Waals surface area contributed by atoms with Gasteiger partial charge in [0.2, 0.25) is 10.0 Å². The molecule has 172 valence electrons. The number of aryl methyl sites for hydroxylation is 3. The van der Waals surface area contributed by atoms with E-state index in [0.717, 1.165) is 17.7 Å². The number of amides is 2. The molecule has 1 fully saturated rings. The average Bonchev–Trinajstić information content (AvgIpc) is 3.16. The zero-order chi connectivity index (χ0) is 23.6. The Bertz CT molecular complexity index is 1140. The van der Waals surface area contributed by atoms with E-state index in [1.54, 1.807) is 13.8 Å². The first kappa shape index (κ1) is 23.8. The lowest BCUT2D eigenvalue weighted by molar-refractivity contribution is -0.136. The first-order valence-electron chi connectivity index (χ1n) is 10.1. The van der Waals surface area contributed by atoms with E-state index in [4.69, 9.17) is 0 Å². The standard InChI is InChI=1S/C22H25F2N3O4S/c1-13-9-14(2)20(15(3)10-13)32(30,31)27-8-4-5-17(27)12-25-21(28)22(29)26-19-7-6-16(23)11-18(19)24/h6-7,9-11,17H,4-5,8,12H2,1-3H3,(H,25,28)(H,26,29)/t17-/m1/s1. The van der Waals surface area contributed by atoms with Crippen molar-refractivity contribution in [3.63, 3.8) is 0 Å². The number of anilines is 1. The molecule has 32 heavy (non-hydrogen) atoms. The Balaban J connectivity index is 1.68. The van der Waals surface area contributed by atoms with Crippen LogP contribution < -0.4 is 10.6 Å². The van der Waals surface area contributed by atoms with Crippen LogP contribution in [-0.2, 0) is 19.6 Å². The van der Waals surface area contributed by atoms with Gasteiger partial charge in [-0.3, -0.25) is 9.59 Å². The van der Waals surface area contributed by atoms with Gasteiger partial charge in [-0.05, 0) is 56.9 Å². The maximum atomic E-state index is 13.7. The molecule has 1 heterocycles. The van der Waals surface area contributed by atoms with Crippen LogP contribution in [0.1, 0.15) is 29.5 Å². The van der Waals surface area contributed by atoms with Crippen LogP contribution in [0.5, 0.6) is 0 Å². The van der Waals surface area contributed by atoms with Crippen molar-refractivity contribution >= 4 is 27.5 Å². The summed E-state index contributed by atoms with van der Waals surface area (Å²) in [6.45, 7) is 5.63. The molecule has 10 heteroatoms. The van der Waals surface area contributed by atoms with Crippen molar-refractivity contribution in [1.29, 1.82) is 0 Å². The quantitative estimate of drug-likeness (QED) is 0.664. The number of sulfonamides is 1. The van der Waals surface area contributed by atoms with Crippen LogP contribution in [0.25, 0.3) is 0 Å². The lowest BCUT2D eigenvalue weighted by Gasteiger charge is -2.26. The van der Waals surface area contributed by atoms with Crippen LogP contribution in [0.4, 0.5) is 14.5 Å². The number of carbonyl (C=O) groups excluding carboxylic acids is 2. The minimum atomic E-state index is -3.80. The molecule has 1 saturated heterocycles. The van der Waals surface area contributed by atoms with E-state index in [-0.39, 0.29) is 17.1 Å². The van der Waals surface area contributed by atoms with E-state index in [2.05, 4.69) is 10.6 Å². The fraction of sp³-hybridized carbons (Fsp3) is 0.364. The van der Waals surface area contributed by atoms with Crippen LogP contribution in [0, 0.1) is 32.4 Å². The third kappa shape index (κ3) is 4.97. The molecular weight excluding hydrogens is 440 g/mol. The zero-order valence-corrected chi connectivity index (χ0v) is 18.9. The van der Waals surface area contributed by atoms with Gasteiger partial charge in [0.25, 0.3) is 0 Å². The molecule has 0 aromatic heterocycles. The minimum Gasteiger partial charge on any atom is -0.346 e. The summed E-state index contributed by atoms with van der Waals surface area (Å²) in [5, 5.41) is 4.49. The van der Waals surface area contributed by atoms with Crippen molar-refractivity contribution in [2.24, 2.45) is 0 Å². The minimum absolute atomic E-state index is 0.0681.